The van der Waals surface area contributed by atoms with E-state index >= 15 is 0 Å². The van der Waals surface area contributed by atoms with Crippen LogP contribution in [0.5, 0.6) is 0 Å². The fourth-order valence-electron chi connectivity index (χ4n) is 0.867. The number of ether oxygens (including phenoxy) is 1. The second-order valence-corrected chi connectivity index (χ2v) is 2.62. The van der Waals surface area contributed by atoms with Crippen LogP contribution in [0.2, 0.25) is 0 Å². The Morgan fingerprint density at radius 2 is 2.22 bits per heavy atom. The van der Waals surface area contributed by atoms with Crippen molar-refractivity contribution in [3.8, 4) is 0 Å². The fourth-order valence-corrected chi connectivity index (χ4v) is 0.867. The Balaban J connectivity index is 2.53. The summed E-state index contributed by atoms with van der Waals surface area (Å²) < 4.78 is 4.57. The Morgan fingerprint density at radius 1 is 1.78 bits per heavy atom. The average molecular weight is 129 g/mol. The van der Waals surface area contributed by atoms with Crippen molar-refractivity contribution in [3.05, 3.63) is 0 Å². The SMILES string of the molecule is COC(=O)C1(C)CN1C. The van der Waals surface area contributed by atoms with Crippen LogP contribution in [0.25, 0.3) is 0 Å². The van der Waals surface area contributed by atoms with E-state index in [2.05, 4.69) is 4.74 Å². The van der Waals surface area contributed by atoms with E-state index in [4.69, 9.17) is 0 Å². The van der Waals surface area contributed by atoms with E-state index in [9.17, 15) is 4.79 Å². The molecule has 0 radical (unpaired) electrons. The molecule has 0 amide bonds. The molecule has 0 aromatic rings. The molecule has 0 N–H and O–H groups in total. The molecule has 3 nitrogen and oxygen atoms in total. The van der Waals surface area contributed by atoms with E-state index in [-0.39, 0.29) is 11.5 Å². The lowest BCUT2D eigenvalue weighted by Gasteiger charge is -2.04. The van der Waals surface area contributed by atoms with E-state index in [0.29, 0.717) is 0 Å². The molecule has 3 heteroatoms. The fraction of sp³-hybridized carbons (Fsp3) is 0.833. The Bertz CT molecular complexity index is 146. The second-order valence-electron chi connectivity index (χ2n) is 2.62. The first kappa shape index (κ1) is 6.55. The molecule has 1 saturated heterocycles. The van der Waals surface area contributed by atoms with Crippen LogP contribution in [0.1, 0.15) is 6.92 Å². The van der Waals surface area contributed by atoms with Gasteiger partial charge in [-0.1, -0.05) is 0 Å². The molecule has 1 fully saturated rings. The van der Waals surface area contributed by atoms with Crippen molar-refractivity contribution in [2.24, 2.45) is 0 Å². The van der Waals surface area contributed by atoms with Crippen LogP contribution >= 0.6 is 0 Å². The predicted molar refractivity (Wildman–Crippen MR) is 33.1 cm³/mol. The lowest BCUT2D eigenvalue weighted by atomic mass is 10.2. The van der Waals surface area contributed by atoms with Gasteiger partial charge in [0.1, 0.15) is 5.54 Å². The van der Waals surface area contributed by atoms with Gasteiger partial charge in [0.25, 0.3) is 0 Å². The molecule has 2 unspecified atom stereocenters. The van der Waals surface area contributed by atoms with Gasteiger partial charge >= 0.3 is 5.97 Å². The van der Waals surface area contributed by atoms with Crippen molar-refractivity contribution in [1.82, 2.24) is 4.90 Å². The predicted octanol–water partition coefficient (Wildman–Crippen LogP) is -0.137. The van der Waals surface area contributed by atoms with Crippen molar-refractivity contribution < 1.29 is 9.53 Å². The van der Waals surface area contributed by atoms with Crippen LogP contribution in [0.3, 0.4) is 0 Å². The van der Waals surface area contributed by atoms with Crippen LogP contribution in [0.4, 0.5) is 0 Å². The third-order valence-corrected chi connectivity index (χ3v) is 1.91. The van der Waals surface area contributed by atoms with Crippen LogP contribution in [-0.2, 0) is 9.53 Å². The van der Waals surface area contributed by atoms with Crippen LogP contribution in [0, 0.1) is 0 Å². The number of rotatable bonds is 1. The van der Waals surface area contributed by atoms with Gasteiger partial charge in [0, 0.05) is 6.54 Å². The van der Waals surface area contributed by atoms with E-state index in [1.165, 1.54) is 7.11 Å². The number of methoxy groups -OCH3 is 1. The molecular formula is C6H11NO2. The summed E-state index contributed by atoms with van der Waals surface area (Å²) in [6.07, 6.45) is 0. The second kappa shape index (κ2) is 1.70. The van der Waals surface area contributed by atoms with Gasteiger partial charge in [-0.3, -0.25) is 9.69 Å². The highest BCUT2D eigenvalue weighted by Gasteiger charge is 2.52. The third kappa shape index (κ3) is 0.812. The standard InChI is InChI=1S/C6H11NO2/c1-6(4-7(6)2)5(8)9-3/h4H2,1-3H3. The van der Waals surface area contributed by atoms with Crippen molar-refractivity contribution >= 4 is 5.97 Å². The zero-order valence-electron chi connectivity index (χ0n) is 5.97. The van der Waals surface area contributed by atoms with Gasteiger partial charge in [-0.2, -0.15) is 0 Å². The summed E-state index contributed by atoms with van der Waals surface area (Å²) in [7, 11) is 3.32. The van der Waals surface area contributed by atoms with E-state index < -0.39 is 0 Å². The molecule has 2 atom stereocenters. The summed E-state index contributed by atoms with van der Waals surface area (Å²) in [5, 5.41) is 0. The molecule has 9 heavy (non-hydrogen) atoms. The van der Waals surface area contributed by atoms with E-state index in [1.807, 2.05) is 18.9 Å². The average Bonchev–Trinajstić information content (AvgIpc) is 2.41. The minimum atomic E-state index is -0.311. The molecule has 0 aromatic heterocycles. The van der Waals surface area contributed by atoms with Gasteiger partial charge in [-0.05, 0) is 14.0 Å². The van der Waals surface area contributed by atoms with Crippen LogP contribution in [-0.4, -0.2) is 37.1 Å². The summed E-state index contributed by atoms with van der Waals surface area (Å²) in [6.45, 7) is 2.69. The number of hydrogen-bond acceptors (Lipinski definition) is 3. The molecule has 0 spiro atoms. The van der Waals surface area contributed by atoms with Gasteiger partial charge in [0.05, 0.1) is 7.11 Å². The smallest absolute Gasteiger partial charge is 0.327 e. The van der Waals surface area contributed by atoms with Crippen molar-refractivity contribution in [3.63, 3.8) is 0 Å². The summed E-state index contributed by atoms with van der Waals surface area (Å²) in [5.41, 5.74) is -0.311. The van der Waals surface area contributed by atoms with Crippen LogP contribution < -0.4 is 0 Å². The van der Waals surface area contributed by atoms with Gasteiger partial charge in [-0.25, -0.2) is 0 Å². The quantitative estimate of drug-likeness (QED) is 0.364. The molecule has 52 valence electrons. The maximum absolute atomic E-state index is 10.8. The Kier molecular flexibility index (Phi) is 1.24. The molecule has 0 bridgehead atoms. The first-order chi connectivity index (χ1) is 4.11. The minimum absolute atomic E-state index is 0.134. The molecule has 1 rings (SSSR count). The molecule has 1 heterocycles. The number of hydrogen-bond donors (Lipinski definition) is 0. The number of nitrogens with zero attached hydrogens (tertiary/aromatic N) is 1. The van der Waals surface area contributed by atoms with E-state index in [1.54, 1.807) is 0 Å². The maximum atomic E-state index is 10.8. The van der Waals surface area contributed by atoms with Crippen molar-refractivity contribution in [2.45, 2.75) is 12.5 Å². The number of carbonyl (C=O) groups is 1. The lowest BCUT2D eigenvalue weighted by molar-refractivity contribution is -0.144. The number of likely N-dealkylation sites (N-methyl/N-ethyl adjacent to an activating group) is 1. The summed E-state index contributed by atoms with van der Waals surface area (Å²) in [5.74, 6) is -0.134. The number of carbonyl (C=O) groups excluding carboxylic acids is 1. The van der Waals surface area contributed by atoms with Gasteiger partial charge in [-0.15, -0.1) is 0 Å². The van der Waals surface area contributed by atoms with E-state index in [0.717, 1.165) is 6.54 Å². The maximum Gasteiger partial charge on any atom is 0.327 e. The molecule has 0 saturated carbocycles. The highest BCUT2D eigenvalue weighted by molar-refractivity contribution is 5.83. The van der Waals surface area contributed by atoms with Gasteiger partial charge in [0.2, 0.25) is 0 Å². The van der Waals surface area contributed by atoms with Crippen molar-refractivity contribution in [1.29, 1.82) is 0 Å². The summed E-state index contributed by atoms with van der Waals surface area (Å²) in [6, 6.07) is 0. The van der Waals surface area contributed by atoms with Gasteiger partial charge in [0.15, 0.2) is 0 Å². The van der Waals surface area contributed by atoms with Crippen molar-refractivity contribution in [2.75, 3.05) is 20.7 Å². The Labute approximate surface area is 54.6 Å². The number of esters is 1. The molecular weight excluding hydrogens is 118 g/mol. The summed E-state index contributed by atoms with van der Waals surface area (Å²) in [4.78, 5) is 12.8. The Morgan fingerprint density at radius 3 is 2.33 bits per heavy atom. The highest BCUT2D eigenvalue weighted by atomic mass is 16.5. The molecule has 0 aliphatic carbocycles. The zero-order chi connectivity index (χ0) is 7.07. The lowest BCUT2D eigenvalue weighted by Crippen LogP contribution is -2.25. The first-order valence-corrected chi connectivity index (χ1v) is 2.91. The third-order valence-electron chi connectivity index (χ3n) is 1.91. The zero-order valence-corrected chi connectivity index (χ0v) is 5.97. The summed E-state index contributed by atoms with van der Waals surface area (Å²) >= 11 is 0. The first-order valence-electron chi connectivity index (χ1n) is 2.91. The molecule has 1 aliphatic heterocycles. The topological polar surface area (TPSA) is 29.3 Å². The highest BCUT2D eigenvalue weighted by Crippen LogP contribution is 2.29. The molecule has 0 aromatic carbocycles. The molecule has 1 aliphatic rings. The monoisotopic (exact) mass is 129 g/mol. The Hall–Kier alpha value is -0.570. The van der Waals surface area contributed by atoms with Gasteiger partial charge < -0.3 is 4.74 Å². The minimum Gasteiger partial charge on any atom is -0.468 e. The largest absolute Gasteiger partial charge is 0.468 e. The van der Waals surface area contributed by atoms with Crippen LogP contribution in [0.15, 0.2) is 0 Å². The normalized spacial score (nSPS) is 40.1.